The fraction of sp³-hybridized carbons (Fsp3) is 0.536. The Balaban J connectivity index is 1.44. The summed E-state index contributed by atoms with van der Waals surface area (Å²) in [6, 6.07) is 10.3. The first-order chi connectivity index (χ1) is 17.8. The van der Waals surface area contributed by atoms with Crippen LogP contribution in [0.25, 0.3) is 0 Å². The highest BCUT2D eigenvalue weighted by atomic mass is 16.5. The molecule has 1 aromatic carbocycles. The van der Waals surface area contributed by atoms with Gasteiger partial charge in [-0.1, -0.05) is 31.1 Å². The van der Waals surface area contributed by atoms with Crippen LogP contribution in [0.15, 0.2) is 34.9 Å². The summed E-state index contributed by atoms with van der Waals surface area (Å²) >= 11 is 0. The molecule has 0 bridgehead atoms. The minimum absolute atomic E-state index is 0.0454. The molecule has 2 saturated heterocycles. The van der Waals surface area contributed by atoms with Crippen molar-refractivity contribution in [2.75, 3.05) is 24.5 Å². The summed E-state index contributed by atoms with van der Waals surface area (Å²) < 4.78 is 5.68. The first-order valence-electron chi connectivity index (χ1n) is 13.1. The number of hydrogen-bond acceptors (Lipinski definition) is 7. The lowest BCUT2D eigenvalue weighted by atomic mass is 9.91. The van der Waals surface area contributed by atoms with Crippen LogP contribution in [-0.4, -0.2) is 53.8 Å². The second-order valence-electron chi connectivity index (χ2n) is 10.4. The molecule has 37 heavy (non-hydrogen) atoms. The normalized spacial score (nSPS) is 19.9. The van der Waals surface area contributed by atoms with Gasteiger partial charge >= 0.3 is 0 Å². The number of amides is 2. The summed E-state index contributed by atoms with van der Waals surface area (Å²) in [7, 11) is 0. The Labute approximate surface area is 217 Å². The van der Waals surface area contributed by atoms with E-state index in [-0.39, 0.29) is 29.7 Å². The fourth-order valence-electron chi connectivity index (χ4n) is 5.30. The zero-order valence-electron chi connectivity index (χ0n) is 21.7. The van der Waals surface area contributed by atoms with Crippen molar-refractivity contribution in [2.24, 2.45) is 11.8 Å². The van der Waals surface area contributed by atoms with Crippen molar-refractivity contribution < 1.29 is 18.9 Å². The van der Waals surface area contributed by atoms with E-state index in [4.69, 9.17) is 9.78 Å². The van der Waals surface area contributed by atoms with E-state index in [1.807, 2.05) is 39.0 Å². The number of carbonyl (C=O) groups excluding carboxylic acids is 3. The highest BCUT2D eigenvalue weighted by Gasteiger charge is 2.40. The van der Waals surface area contributed by atoms with E-state index in [2.05, 4.69) is 21.4 Å². The second kappa shape index (κ2) is 11.6. The Bertz CT molecular complexity index is 1140. The number of rotatable bonds is 8. The number of nitrogens with zero attached hydrogens (tertiary/aromatic N) is 4. The van der Waals surface area contributed by atoms with Crippen LogP contribution >= 0.6 is 0 Å². The number of nitriles is 1. The van der Waals surface area contributed by atoms with Gasteiger partial charge in [-0.25, -0.2) is 0 Å². The Morgan fingerprint density at radius 2 is 1.84 bits per heavy atom. The number of piperidine rings is 1. The van der Waals surface area contributed by atoms with E-state index in [9.17, 15) is 14.4 Å². The number of carbonyl (C=O) groups is 3. The molecule has 3 heterocycles. The molecule has 0 spiro atoms. The maximum absolute atomic E-state index is 13.8. The molecule has 3 atom stereocenters. The average molecular weight is 506 g/mol. The molecule has 2 amide bonds. The van der Waals surface area contributed by atoms with Gasteiger partial charge < -0.3 is 24.4 Å². The molecule has 2 aromatic rings. The number of aromatic nitrogens is 1. The molecular weight excluding hydrogens is 470 g/mol. The molecule has 2 aliphatic heterocycles. The molecule has 2 aliphatic rings. The maximum atomic E-state index is 13.8. The largest absolute Gasteiger partial charge is 0.358 e. The number of nitrogens with one attached hydrogen (secondary N) is 1. The van der Waals surface area contributed by atoms with Crippen LogP contribution < -0.4 is 10.2 Å². The summed E-state index contributed by atoms with van der Waals surface area (Å²) in [5, 5.41) is 16.3. The van der Waals surface area contributed by atoms with Gasteiger partial charge in [0.25, 0.3) is 0 Å². The first-order valence-corrected chi connectivity index (χ1v) is 13.1. The van der Waals surface area contributed by atoms with Crippen LogP contribution in [-0.2, 0) is 14.4 Å². The molecule has 196 valence electrons. The molecule has 0 saturated carbocycles. The monoisotopic (exact) mass is 505 g/mol. The molecule has 1 N–H and O–H groups in total. The number of aldehydes is 1. The number of anilines is 1. The molecule has 9 nitrogen and oxygen atoms in total. The van der Waals surface area contributed by atoms with Crippen molar-refractivity contribution in [3.8, 4) is 6.07 Å². The van der Waals surface area contributed by atoms with E-state index in [0.29, 0.717) is 30.1 Å². The van der Waals surface area contributed by atoms with Crippen LogP contribution in [0.4, 0.5) is 5.82 Å². The third-order valence-electron chi connectivity index (χ3n) is 7.55. The Morgan fingerprint density at radius 1 is 1.14 bits per heavy atom. The quantitative estimate of drug-likeness (QED) is 0.545. The molecule has 1 aromatic heterocycles. The van der Waals surface area contributed by atoms with Crippen LogP contribution in [0.1, 0.15) is 75.3 Å². The van der Waals surface area contributed by atoms with Gasteiger partial charge in [-0.15, -0.1) is 0 Å². The van der Waals surface area contributed by atoms with Gasteiger partial charge in [0, 0.05) is 31.6 Å². The third kappa shape index (κ3) is 5.85. The van der Waals surface area contributed by atoms with Gasteiger partial charge in [0.2, 0.25) is 11.8 Å². The average Bonchev–Trinajstić information content (AvgIpc) is 3.59. The number of benzene rings is 1. The van der Waals surface area contributed by atoms with E-state index >= 15 is 0 Å². The smallest absolute Gasteiger partial charge is 0.243 e. The van der Waals surface area contributed by atoms with Gasteiger partial charge in [0.1, 0.15) is 18.2 Å². The SMILES string of the molecule is CC(C)C(C(=O)N1CCC[C@H]1C(=O)N[C@@H](C)c1ccc(C#N)cc1)c1cc(N2CCC(C=O)CC2)no1. The van der Waals surface area contributed by atoms with Gasteiger partial charge in [-0.3, -0.25) is 9.59 Å². The van der Waals surface area contributed by atoms with E-state index in [0.717, 1.165) is 44.2 Å². The van der Waals surface area contributed by atoms with Crippen LogP contribution in [0.2, 0.25) is 0 Å². The van der Waals surface area contributed by atoms with Gasteiger partial charge in [0.15, 0.2) is 11.6 Å². The van der Waals surface area contributed by atoms with Crippen molar-refractivity contribution >= 4 is 23.9 Å². The molecule has 2 fully saturated rings. The first kappa shape index (κ1) is 26.4. The van der Waals surface area contributed by atoms with Crippen molar-refractivity contribution in [1.82, 2.24) is 15.4 Å². The van der Waals surface area contributed by atoms with E-state index in [1.54, 1.807) is 17.0 Å². The highest BCUT2D eigenvalue weighted by molar-refractivity contribution is 5.91. The zero-order valence-corrected chi connectivity index (χ0v) is 21.7. The van der Waals surface area contributed by atoms with Gasteiger partial charge in [-0.05, 0) is 56.2 Å². The van der Waals surface area contributed by atoms with Crippen molar-refractivity contribution in [2.45, 2.75) is 64.5 Å². The minimum Gasteiger partial charge on any atom is -0.358 e. The summed E-state index contributed by atoms with van der Waals surface area (Å²) in [5.41, 5.74) is 1.46. The topological polar surface area (TPSA) is 120 Å². The van der Waals surface area contributed by atoms with Crippen molar-refractivity contribution in [3.05, 3.63) is 47.2 Å². The van der Waals surface area contributed by atoms with Crippen molar-refractivity contribution in [1.29, 1.82) is 5.26 Å². The summed E-state index contributed by atoms with van der Waals surface area (Å²) in [6.45, 7) is 7.80. The van der Waals surface area contributed by atoms with E-state index in [1.165, 1.54) is 0 Å². The summed E-state index contributed by atoms with van der Waals surface area (Å²) in [6.07, 6.45) is 3.95. The third-order valence-corrected chi connectivity index (χ3v) is 7.55. The van der Waals surface area contributed by atoms with E-state index < -0.39 is 12.0 Å². The van der Waals surface area contributed by atoms with Crippen LogP contribution in [0.3, 0.4) is 0 Å². The Kier molecular flexibility index (Phi) is 8.27. The minimum atomic E-state index is -0.543. The van der Waals surface area contributed by atoms with Gasteiger partial charge in [0.05, 0.1) is 17.7 Å². The van der Waals surface area contributed by atoms with Crippen LogP contribution in [0, 0.1) is 23.2 Å². The Morgan fingerprint density at radius 3 is 2.46 bits per heavy atom. The lowest BCUT2D eigenvalue weighted by Crippen LogP contribution is -2.48. The number of likely N-dealkylation sites (tertiary alicyclic amines) is 1. The number of hydrogen-bond donors (Lipinski definition) is 1. The zero-order chi connectivity index (χ0) is 26.5. The molecule has 9 heteroatoms. The predicted octanol–water partition coefficient (Wildman–Crippen LogP) is 3.57. The standard InChI is InChI=1S/C28H35N5O4/c1-18(2)26(24-15-25(31-37-24)32-13-10-21(17-34)11-14-32)28(36)33-12-4-5-23(33)27(35)30-19(3)22-8-6-20(16-29)7-9-22/h6-9,15,17-19,21,23,26H,4-5,10-14H2,1-3H3,(H,30,35)/t19-,23-,26?/m0/s1. The fourth-order valence-corrected chi connectivity index (χ4v) is 5.30. The molecule has 0 aliphatic carbocycles. The molecule has 1 unspecified atom stereocenters. The predicted molar refractivity (Wildman–Crippen MR) is 138 cm³/mol. The second-order valence-corrected chi connectivity index (χ2v) is 10.4. The van der Waals surface area contributed by atoms with Crippen molar-refractivity contribution in [3.63, 3.8) is 0 Å². The molecular formula is C28H35N5O4. The highest BCUT2D eigenvalue weighted by Crippen LogP contribution is 2.33. The lowest BCUT2D eigenvalue weighted by molar-refractivity contribution is -0.141. The summed E-state index contributed by atoms with van der Waals surface area (Å²) in [5.74, 6) is 0.386. The summed E-state index contributed by atoms with van der Waals surface area (Å²) in [4.78, 5) is 41.8. The maximum Gasteiger partial charge on any atom is 0.243 e. The Hall–Kier alpha value is -3.67. The molecule has 4 rings (SSSR count). The van der Waals surface area contributed by atoms with Gasteiger partial charge in [-0.2, -0.15) is 5.26 Å². The molecule has 0 radical (unpaired) electrons. The van der Waals surface area contributed by atoms with Crippen LogP contribution in [0.5, 0.6) is 0 Å². The lowest BCUT2D eigenvalue weighted by Gasteiger charge is -2.30.